The van der Waals surface area contributed by atoms with Gasteiger partial charge in [-0.25, -0.2) is 8.78 Å². The number of allylic oxidation sites excluding steroid dienone is 2. The summed E-state index contributed by atoms with van der Waals surface area (Å²) in [6.07, 6.45) is 5.09. The van der Waals surface area contributed by atoms with Crippen molar-refractivity contribution in [3.63, 3.8) is 0 Å². The smallest absolute Gasteiger partial charge is 0.131 e. The second-order valence-corrected chi connectivity index (χ2v) is 4.41. The van der Waals surface area contributed by atoms with Crippen molar-refractivity contribution in [3.05, 3.63) is 84.6 Å². The van der Waals surface area contributed by atoms with Gasteiger partial charge in [0.15, 0.2) is 0 Å². The Morgan fingerprint density at radius 1 is 1.14 bits per heavy atom. The second kappa shape index (κ2) is 6.75. The maximum Gasteiger partial charge on any atom is 0.131 e. The van der Waals surface area contributed by atoms with E-state index in [1.807, 2.05) is 13.0 Å². The number of hydrogen-bond donors (Lipinski definition) is 0. The van der Waals surface area contributed by atoms with E-state index in [1.54, 1.807) is 36.6 Å². The summed E-state index contributed by atoms with van der Waals surface area (Å²) in [7, 11) is 0. The van der Waals surface area contributed by atoms with Crippen molar-refractivity contribution in [2.45, 2.75) is 6.92 Å². The zero-order chi connectivity index (χ0) is 15.2. The van der Waals surface area contributed by atoms with Crippen molar-refractivity contribution >= 4 is 5.71 Å². The van der Waals surface area contributed by atoms with E-state index in [1.165, 1.54) is 6.07 Å². The number of nitrogens with zero attached hydrogens (tertiary/aromatic N) is 1. The van der Waals surface area contributed by atoms with E-state index in [4.69, 9.17) is 0 Å². The lowest BCUT2D eigenvalue weighted by Crippen LogP contribution is -1.96. The number of benzene rings is 2. The fourth-order valence-corrected chi connectivity index (χ4v) is 1.96. The molecule has 1 nitrogen and oxygen atoms in total. The molecule has 2 aromatic rings. The Morgan fingerprint density at radius 2 is 1.95 bits per heavy atom. The molecule has 0 saturated carbocycles. The van der Waals surface area contributed by atoms with Gasteiger partial charge < -0.3 is 0 Å². The Hall–Kier alpha value is -2.55. The predicted octanol–water partition coefficient (Wildman–Crippen LogP) is 5.14. The normalized spacial score (nSPS) is 11.9. The molecule has 3 heteroatoms. The van der Waals surface area contributed by atoms with Gasteiger partial charge in [0, 0.05) is 17.3 Å². The van der Waals surface area contributed by atoms with Crippen LogP contribution in [0, 0.1) is 11.6 Å². The van der Waals surface area contributed by atoms with Crippen LogP contribution < -0.4 is 0 Å². The van der Waals surface area contributed by atoms with E-state index >= 15 is 0 Å². The molecule has 0 N–H and O–H groups in total. The van der Waals surface area contributed by atoms with E-state index < -0.39 is 11.6 Å². The van der Waals surface area contributed by atoms with E-state index in [9.17, 15) is 8.78 Å². The number of halogens is 2. The SMILES string of the molecule is C=C/C(=N\C=C\C)c1cccc(-c2cc(F)ccc2F)c1. The van der Waals surface area contributed by atoms with Crippen LogP contribution in [0.15, 0.2) is 72.4 Å². The first kappa shape index (κ1) is 14.9. The second-order valence-electron chi connectivity index (χ2n) is 4.41. The highest BCUT2D eigenvalue weighted by molar-refractivity contribution is 6.09. The highest BCUT2D eigenvalue weighted by Gasteiger charge is 2.08. The molecule has 106 valence electrons. The van der Waals surface area contributed by atoms with Gasteiger partial charge in [-0.2, -0.15) is 0 Å². The molecule has 0 aliphatic heterocycles. The van der Waals surface area contributed by atoms with Gasteiger partial charge in [-0.05, 0) is 42.8 Å². The van der Waals surface area contributed by atoms with Crippen molar-refractivity contribution in [1.29, 1.82) is 0 Å². The van der Waals surface area contributed by atoms with E-state index in [0.717, 1.165) is 17.7 Å². The van der Waals surface area contributed by atoms with Gasteiger partial charge in [0.05, 0.1) is 5.71 Å². The number of hydrogen-bond acceptors (Lipinski definition) is 1. The third-order valence-electron chi connectivity index (χ3n) is 2.95. The van der Waals surface area contributed by atoms with E-state index in [2.05, 4.69) is 11.6 Å². The minimum Gasteiger partial charge on any atom is -0.257 e. The summed E-state index contributed by atoms with van der Waals surface area (Å²) in [5.74, 6) is -0.928. The predicted molar refractivity (Wildman–Crippen MR) is 83.3 cm³/mol. The van der Waals surface area contributed by atoms with Crippen molar-refractivity contribution in [1.82, 2.24) is 0 Å². The van der Waals surface area contributed by atoms with Gasteiger partial charge >= 0.3 is 0 Å². The molecule has 0 fully saturated rings. The van der Waals surface area contributed by atoms with Crippen LogP contribution in [-0.4, -0.2) is 5.71 Å². The van der Waals surface area contributed by atoms with Gasteiger partial charge in [0.25, 0.3) is 0 Å². The van der Waals surface area contributed by atoms with Crippen LogP contribution in [0.3, 0.4) is 0 Å². The van der Waals surface area contributed by atoms with Crippen LogP contribution in [0.25, 0.3) is 11.1 Å². The van der Waals surface area contributed by atoms with Gasteiger partial charge in [-0.1, -0.05) is 30.9 Å². The summed E-state index contributed by atoms with van der Waals surface area (Å²) < 4.78 is 27.2. The maximum atomic E-state index is 13.8. The van der Waals surface area contributed by atoms with Crippen molar-refractivity contribution in [2.75, 3.05) is 0 Å². The van der Waals surface area contributed by atoms with Crippen LogP contribution in [0.1, 0.15) is 12.5 Å². The summed E-state index contributed by atoms with van der Waals surface area (Å²) >= 11 is 0. The molecule has 0 unspecified atom stereocenters. The van der Waals surface area contributed by atoms with Crippen molar-refractivity contribution in [2.24, 2.45) is 4.99 Å². The minimum absolute atomic E-state index is 0.228. The average Bonchev–Trinajstić information content (AvgIpc) is 2.51. The molecule has 0 radical (unpaired) electrons. The van der Waals surface area contributed by atoms with E-state index in [-0.39, 0.29) is 5.56 Å². The molecule has 0 bridgehead atoms. The first-order valence-electron chi connectivity index (χ1n) is 6.53. The molecule has 2 rings (SSSR count). The zero-order valence-corrected chi connectivity index (χ0v) is 11.7. The summed E-state index contributed by atoms with van der Waals surface area (Å²) in [5.41, 5.74) is 2.29. The Balaban J connectivity index is 2.51. The third kappa shape index (κ3) is 3.51. The van der Waals surface area contributed by atoms with Crippen LogP contribution in [0.4, 0.5) is 8.78 Å². The van der Waals surface area contributed by atoms with Gasteiger partial charge in [0.1, 0.15) is 11.6 Å². The molecule has 0 atom stereocenters. The molecule has 2 aromatic carbocycles. The number of aliphatic imine (C=N–C) groups is 1. The molecule has 0 aliphatic rings. The van der Waals surface area contributed by atoms with Gasteiger partial charge in [-0.15, -0.1) is 0 Å². The Kier molecular flexibility index (Phi) is 4.77. The first-order valence-corrected chi connectivity index (χ1v) is 6.53. The van der Waals surface area contributed by atoms with Crippen LogP contribution >= 0.6 is 0 Å². The maximum absolute atomic E-state index is 13.8. The van der Waals surface area contributed by atoms with Crippen LogP contribution in [0.5, 0.6) is 0 Å². The summed E-state index contributed by atoms with van der Waals surface area (Å²) in [4.78, 5) is 4.26. The van der Waals surface area contributed by atoms with E-state index in [0.29, 0.717) is 11.3 Å². The lowest BCUT2D eigenvalue weighted by atomic mass is 10.0. The average molecular weight is 283 g/mol. The minimum atomic E-state index is -0.469. The summed E-state index contributed by atoms with van der Waals surface area (Å²) in [5, 5.41) is 0. The zero-order valence-electron chi connectivity index (χ0n) is 11.7. The Morgan fingerprint density at radius 3 is 2.67 bits per heavy atom. The molecule has 0 saturated heterocycles. The van der Waals surface area contributed by atoms with Crippen molar-refractivity contribution in [3.8, 4) is 11.1 Å². The topological polar surface area (TPSA) is 12.4 Å². The molecule has 0 spiro atoms. The first-order chi connectivity index (χ1) is 10.2. The fraction of sp³-hybridized carbons (Fsp3) is 0.0556. The molecule has 0 heterocycles. The standard InChI is InChI=1S/C18H15F2N/c1-3-10-21-18(4-2)14-7-5-6-13(11-14)16-12-15(19)8-9-17(16)20/h3-12H,2H2,1H3/b10-3+,21-18+. The Bertz CT molecular complexity index is 715. The number of rotatable bonds is 4. The highest BCUT2D eigenvalue weighted by Crippen LogP contribution is 2.25. The van der Waals surface area contributed by atoms with Gasteiger partial charge in [-0.3, -0.25) is 4.99 Å². The van der Waals surface area contributed by atoms with Crippen molar-refractivity contribution < 1.29 is 8.78 Å². The van der Waals surface area contributed by atoms with Crippen LogP contribution in [0.2, 0.25) is 0 Å². The highest BCUT2D eigenvalue weighted by atomic mass is 19.1. The fourth-order valence-electron chi connectivity index (χ4n) is 1.96. The summed E-state index contributed by atoms with van der Waals surface area (Å²) in [6, 6.07) is 10.5. The van der Waals surface area contributed by atoms with Crippen LogP contribution in [-0.2, 0) is 0 Å². The van der Waals surface area contributed by atoms with Gasteiger partial charge in [0.2, 0.25) is 0 Å². The quantitative estimate of drug-likeness (QED) is 0.689. The monoisotopic (exact) mass is 283 g/mol. The molecule has 0 amide bonds. The molecule has 0 aromatic heterocycles. The Labute approximate surface area is 123 Å². The summed E-state index contributed by atoms with van der Waals surface area (Å²) in [6.45, 7) is 5.59. The lowest BCUT2D eigenvalue weighted by molar-refractivity contribution is 0.603. The third-order valence-corrected chi connectivity index (χ3v) is 2.95. The molecular formula is C18H15F2N. The largest absolute Gasteiger partial charge is 0.257 e. The molecule has 21 heavy (non-hydrogen) atoms. The lowest BCUT2D eigenvalue weighted by Gasteiger charge is -2.07. The molecule has 0 aliphatic carbocycles. The molecular weight excluding hydrogens is 268 g/mol.